The first kappa shape index (κ1) is 20.8. The van der Waals surface area contributed by atoms with Gasteiger partial charge in [-0.05, 0) is 40.9 Å². The summed E-state index contributed by atoms with van der Waals surface area (Å²) in [6.45, 7) is 4.47. The zero-order valence-electron chi connectivity index (χ0n) is 13.8. The van der Waals surface area contributed by atoms with Crippen LogP contribution in [-0.4, -0.2) is 37.9 Å². The number of aromatic hydroxyl groups is 1. The van der Waals surface area contributed by atoms with Crippen molar-refractivity contribution in [3.05, 3.63) is 50.3 Å². The van der Waals surface area contributed by atoms with E-state index in [1.165, 1.54) is 23.6 Å². The minimum atomic E-state index is -3.61. The van der Waals surface area contributed by atoms with Gasteiger partial charge in [0.15, 0.2) is 9.84 Å². The van der Waals surface area contributed by atoms with Crippen molar-refractivity contribution in [3.8, 4) is 5.75 Å². The molecule has 1 saturated heterocycles. The van der Waals surface area contributed by atoms with Gasteiger partial charge in [-0.15, -0.1) is 0 Å². The molecule has 0 atom stereocenters. The van der Waals surface area contributed by atoms with Crippen molar-refractivity contribution >= 4 is 43.4 Å². The summed E-state index contributed by atoms with van der Waals surface area (Å²) < 4.78 is 30.2. The number of thioether (sulfide) groups is 1. The van der Waals surface area contributed by atoms with Crippen LogP contribution in [0.15, 0.2) is 44.7 Å². The van der Waals surface area contributed by atoms with Crippen molar-refractivity contribution in [1.29, 1.82) is 0 Å². The van der Waals surface area contributed by atoms with Gasteiger partial charge in [0.1, 0.15) is 10.8 Å². The normalized spacial score (nSPS) is 16.3. The van der Waals surface area contributed by atoms with E-state index in [9.17, 15) is 18.3 Å². The number of benzene rings is 1. The molecule has 10 heteroatoms. The van der Waals surface area contributed by atoms with Crippen LogP contribution in [0.4, 0.5) is 0 Å². The van der Waals surface area contributed by atoms with Gasteiger partial charge in [-0.3, -0.25) is 4.79 Å². The Morgan fingerprint density at radius 2 is 2.08 bits per heavy atom. The maximum Gasteiger partial charge on any atom is 0.257 e. The summed E-state index contributed by atoms with van der Waals surface area (Å²) in [7, 11) is -3.61. The Morgan fingerprint density at radius 1 is 1.42 bits per heavy atom. The number of carbonyl (C=O) groups excluding carboxylic acids is 1. The fourth-order valence-electron chi connectivity index (χ4n) is 2.29. The van der Waals surface area contributed by atoms with E-state index in [1.807, 2.05) is 0 Å². The molecule has 0 bridgehead atoms. The molecule has 0 spiro atoms. The lowest BCUT2D eigenvalue weighted by molar-refractivity contribution is 0.0967. The van der Waals surface area contributed by atoms with Gasteiger partial charge >= 0.3 is 0 Å². The molecule has 1 fully saturated rings. The van der Waals surface area contributed by atoms with Gasteiger partial charge in [-0.25, -0.2) is 8.42 Å². The van der Waals surface area contributed by atoms with Crippen molar-refractivity contribution in [1.82, 2.24) is 5.32 Å². The van der Waals surface area contributed by atoms with E-state index in [2.05, 4.69) is 27.8 Å². The first-order valence-corrected chi connectivity index (χ1v) is 10.9. The summed E-state index contributed by atoms with van der Waals surface area (Å²) in [5.74, 6) is -0.563. The number of hydrogen-bond donors (Lipinski definition) is 3. The molecule has 1 aliphatic rings. The highest BCUT2D eigenvalue weighted by molar-refractivity contribution is 9.10. The Morgan fingerprint density at radius 3 is 2.73 bits per heavy atom. The largest absolute Gasteiger partial charge is 0.507 e. The van der Waals surface area contributed by atoms with Crippen LogP contribution in [0.5, 0.6) is 5.75 Å². The lowest BCUT2D eigenvalue weighted by Gasteiger charge is -2.22. The first-order valence-electron chi connectivity index (χ1n) is 7.65. The standard InChI is InChI=1S/C16H19BrN2O5S2/c1-10(19-16(21)12-3-2-4-13(20)15(12)17)25-9-14(18)26(22,23)11-5-7-24-8-6-11/h2-4,9,11,20H,1,5-8,18H2,(H,19,21)/b14-9+. The number of nitrogens with two attached hydrogens (primary N) is 1. The van der Waals surface area contributed by atoms with Gasteiger partial charge in [0.05, 0.1) is 20.3 Å². The second-order valence-corrected chi connectivity index (χ2v) is 9.50. The molecule has 4 N–H and O–H groups in total. The number of rotatable bonds is 6. The van der Waals surface area contributed by atoms with E-state index in [4.69, 9.17) is 10.5 Å². The van der Waals surface area contributed by atoms with Crippen LogP contribution < -0.4 is 11.1 Å². The molecule has 1 aromatic carbocycles. The van der Waals surface area contributed by atoms with Crippen molar-refractivity contribution < 1.29 is 23.1 Å². The van der Waals surface area contributed by atoms with E-state index >= 15 is 0 Å². The molecule has 7 nitrogen and oxygen atoms in total. The summed E-state index contributed by atoms with van der Waals surface area (Å²) in [5.41, 5.74) is 5.95. The third-order valence-electron chi connectivity index (χ3n) is 3.73. The molecule has 0 aliphatic carbocycles. The van der Waals surface area contributed by atoms with Crippen LogP contribution >= 0.6 is 27.7 Å². The molecule has 1 amide bonds. The second-order valence-electron chi connectivity index (χ2n) is 5.51. The van der Waals surface area contributed by atoms with Gasteiger partial charge in [0.2, 0.25) is 0 Å². The van der Waals surface area contributed by atoms with E-state index < -0.39 is 21.0 Å². The number of nitrogens with one attached hydrogen (secondary N) is 1. The van der Waals surface area contributed by atoms with Gasteiger partial charge in [-0.2, -0.15) is 0 Å². The van der Waals surface area contributed by atoms with Crippen molar-refractivity contribution in [2.45, 2.75) is 18.1 Å². The predicted octanol–water partition coefficient (Wildman–Crippen LogP) is 2.44. The number of hydrogen-bond acceptors (Lipinski definition) is 7. The molecule has 26 heavy (non-hydrogen) atoms. The highest BCUT2D eigenvalue weighted by Crippen LogP contribution is 2.28. The highest BCUT2D eigenvalue weighted by atomic mass is 79.9. The molecular formula is C16H19BrN2O5S2. The van der Waals surface area contributed by atoms with Crippen molar-refractivity contribution in [2.24, 2.45) is 5.73 Å². The van der Waals surface area contributed by atoms with Crippen LogP contribution in [0.2, 0.25) is 0 Å². The predicted molar refractivity (Wildman–Crippen MR) is 105 cm³/mol. The molecule has 0 aromatic heterocycles. The third kappa shape index (κ3) is 5.03. The smallest absolute Gasteiger partial charge is 0.257 e. The van der Waals surface area contributed by atoms with Crippen LogP contribution in [0.25, 0.3) is 0 Å². The van der Waals surface area contributed by atoms with E-state index in [0.717, 1.165) is 11.8 Å². The molecule has 0 saturated carbocycles. The number of halogens is 1. The van der Waals surface area contributed by atoms with Gasteiger partial charge in [0, 0.05) is 18.6 Å². The van der Waals surface area contributed by atoms with Gasteiger partial charge in [0.25, 0.3) is 5.91 Å². The van der Waals surface area contributed by atoms with Crippen molar-refractivity contribution in [2.75, 3.05) is 13.2 Å². The number of amides is 1. The summed E-state index contributed by atoms with van der Waals surface area (Å²) in [6.07, 6.45) is 0.815. The average Bonchev–Trinajstić information content (AvgIpc) is 2.62. The van der Waals surface area contributed by atoms with E-state index in [1.54, 1.807) is 0 Å². The Labute approximate surface area is 164 Å². The quantitative estimate of drug-likeness (QED) is 0.593. The fourth-order valence-corrected chi connectivity index (χ4v) is 5.03. The summed E-state index contributed by atoms with van der Waals surface area (Å²) in [5, 5.41) is 12.8. The Balaban J connectivity index is 1.99. The Hall–Kier alpha value is -1.49. The summed E-state index contributed by atoms with van der Waals surface area (Å²) >= 11 is 4.04. The molecule has 2 rings (SSSR count). The Bertz CT molecular complexity index is 833. The molecule has 1 aliphatic heterocycles. The maximum atomic E-state index is 12.4. The second kappa shape index (κ2) is 8.94. The zero-order chi connectivity index (χ0) is 19.3. The summed E-state index contributed by atoms with van der Waals surface area (Å²) in [4.78, 5) is 12.2. The highest BCUT2D eigenvalue weighted by Gasteiger charge is 2.29. The average molecular weight is 463 g/mol. The SMILES string of the molecule is C=C(NC(=O)c1cccc(O)c1Br)S/C=C(\N)S(=O)(=O)C1CCOCC1. The lowest BCUT2D eigenvalue weighted by atomic mass is 10.2. The lowest BCUT2D eigenvalue weighted by Crippen LogP contribution is -2.32. The molecule has 0 unspecified atom stereocenters. The number of carbonyl (C=O) groups is 1. The minimum absolute atomic E-state index is 0.0670. The number of phenols is 1. The van der Waals surface area contributed by atoms with Crippen molar-refractivity contribution in [3.63, 3.8) is 0 Å². The Kier molecular flexibility index (Phi) is 7.16. The molecule has 142 valence electrons. The maximum absolute atomic E-state index is 12.4. The zero-order valence-corrected chi connectivity index (χ0v) is 17.0. The van der Waals surface area contributed by atoms with Crippen LogP contribution in [-0.2, 0) is 14.6 Å². The van der Waals surface area contributed by atoms with Gasteiger partial charge < -0.3 is 20.9 Å². The molecule has 1 aromatic rings. The molecule has 1 heterocycles. The molecular weight excluding hydrogens is 444 g/mol. The monoisotopic (exact) mass is 462 g/mol. The topological polar surface area (TPSA) is 119 Å². The van der Waals surface area contributed by atoms with E-state index in [0.29, 0.717) is 26.1 Å². The minimum Gasteiger partial charge on any atom is -0.507 e. The van der Waals surface area contributed by atoms with Crippen LogP contribution in [0, 0.1) is 0 Å². The third-order valence-corrected chi connectivity index (χ3v) is 7.59. The first-order chi connectivity index (χ1) is 12.2. The summed E-state index contributed by atoms with van der Waals surface area (Å²) in [6, 6.07) is 4.50. The van der Waals surface area contributed by atoms with E-state index in [-0.39, 0.29) is 25.8 Å². The number of sulfone groups is 1. The fraction of sp³-hybridized carbons (Fsp3) is 0.312. The van der Waals surface area contributed by atoms with Gasteiger partial charge in [-0.1, -0.05) is 24.4 Å². The number of phenolic OH excluding ortho intramolecular Hbond substituents is 1. The number of ether oxygens (including phenoxy) is 1. The van der Waals surface area contributed by atoms with Crippen LogP contribution in [0.1, 0.15) is 23.2 Å². The van der Waals surface area contributed by atoms with Crippen LogP contribution in [0.3, 0.4) is 0 Å². The molecule has 0 radical (unpaired) electrons.